The van der Waals surface area contributed by atoms with E-state index in [0.717, 1.165) is 24.3 Å². The summed E-state index contributed by atoms with van der Waals surface area (Å²) in [4.78, 5) is 12.7. The molecule has 3 rings (SSSR count). The van der Waals surface area contributed by atoms with Crippen molar-refractivity contribution in [3.63, 3.8) is 0 Å². The second-order valence-electron chi connectivity index (χ2n) is 6.99. The van der Waals surface area contributed by atoms with E-state index in [1.54, 1.807) is 0 Å². The molecule has 2 aliphatic rings. The Morgan fingerprint density at radius 2 is 2.00 bits per heavy atom. The van der Waals surface area contributed by atoms with Gasteiger partial charge in [-0.2, -0.15) is 0 Å². The van der Waals surface area contributed by atoms with Gasteiger partial charge in [-0.3, -0.25) is 4.79 Å². The van der Waals surface area contributed by atoms with Crippen LogP contribution in [0.15, 0.2) is 18.2 Å². The van der Waals surface area contributed by atoms with Crippen molar-refractivity contribution in [3.8, 4) is 11.5 Å². The lowest BCUT2D eigenvalue weighted by atomic mass is 9.70. The number of fused-ring (bicyclic) bond motifs is 1. The fourth-order valence-corrected chi connectivity index (χ4v) is 3.71. The maximum absolute atomic E-state index is 12.7. The summed E-state index contributed by atoms with van der Waals surface area (Å²) in [5, 5.41) is 3.07. The normalized spacial score (nSPS) is 27.0. The molecule has 0 saturated heterocycles. The minimum absolute atomic E-state index is 0.106. The molecule has 1 heterocycles. The maximum Gasteiger partial charge on any atom is 0.231 e. The monoisotopic (exact) mass is 303 g/mol. The van der Waals surface area contributed by atoms with E-state index < -0.39 is 0 Å². The standard InChI is InChI=1S/C18H25NO3/c1-11(2)14-6-4-12(3)8-15(14)18(20)19-13-5-7-16-17(9-13)22-10-21-16/h5,7,9,11-12,14-15H,4,6,8,10H2,1-3H3,(H,19,20). The first-order chi connectivity index (χ1) is 10.5. The van der Waals surface area contributed by atoms with Gasteiger partial charge < -0.3 is 14.8 Å². The summed E-state index contributed by atoms with van der Waals surface area (Å²) in [6.07, 6.45) is 3.37. The summed E-state index contributed by atoms with van der Waals surface area (Å²) in [6.45, 7) is 6.95. The Balaban J connectivity index is 1.72. The van der Waals surface area contributed by atoms with Gasteiger partial charge in [-0.1, -0.05) is 27.2 Å². The molecule has 3 atom stereocenters. The van der Waals surface area contributed by atoms with Crippen LogP contribution in [-0.2, 0) is 4.79 Å². The molecular weight excluding hydrogens is 278 g/mol. The molecule has 0 aromatic heterocycles. The van der Waals surface area contributed by atoms with Crippen LogP contribution in [0.3, 0.4) is 0 Å². The number of carbonyl (C=O) groups is 1. The third-order valence-electron chi connectivity index (χ3n) is 5.00. The Morgan fingerprint density at radius 1 is 1.23 bits per heavy atom. The molecule has 4 heteroatoms. The first-order valence-corrected chi connectivity index (χ1v) is 8.25. The van der Waals surface area contributed by atoms with Crippen LogP contribution in [0.2, 0.25) is 0 Å². The quantitative estimate of drug-likeness (QED) is 0.916. The van der Waals surface area contributed by atoms with Crippen LogP contribution in [0, 0.1) is 23.7 Å². The van der Waals surface area contributed by atoms with Gasteiger partial charge in [0.05, 0.1) is 0 Å². The zero-order valence-electron chi connectivity index (χ0n) is 13.6. The molecule has 1 aromatic carbocycles. The molecule has 1 saturated carbocycles. The molecular formula is C18H25NO3. The Hall–Kier alpha value is -1.71. The average molecular weight is 303 g/mol. The number of carbonyl (C=O) groups excluding carboxylic acids is 1. The highest BCUT2D eigenvalue weighted by atomic mass is 16.7. The van der Waals surface area contributed by atoms with Crippen molar-refractivity contribution in [3.05, 3.63) is 18.2 Å². The average Bonchev–Trinajstić information content (AvgIpc) is 2.94. The van der Waals surface area contributed by atoms with Gasteiger partial charge in [-0.25, -0.2) is 0 Å². The first kappa shape index (κ1) is 15.2. The van der Waals surface area contributed by atoms with Crippen LogP contribution < -0.4 is 14.8 Å². The second-order valence-corrected chi connectivity index (χ2v) is 6.99. The fraction of sp³-hybridized carbons (Fsp3) is 0.611. The zero-order valence-corrected chi connectivity index (χ0v) is 13.6. The van der Waals surface area contributed by atoms with Crippen molar-refractivity contribution in [1.29, 1.82) is 0 Å². The molecule has 0 radical (unpaired) electrons. The van der Waals surface area contributed by atoms with Gasteiger partial charge in [-0.05, 0) is 42.7 Å². The summed E-state index contributed by atoms with van der Waals surface area (Å²) >= 11 is 0. The van der Waals surface area contributed by atoms with E-state index in [2.05, 4.69) is 26.1 Å². The summed E-state index contributed by atoms with van der Waals surface area (Å²) in [5.41, 5.74) is 0.787. The number of rotatable bonds is 3. The number of anilines is 1. The van der Waals surface area contributed by atoms with Crippen LogP contribution in [-0.4, -0.2) is 12.7 Å². The van der Waals surface area contributed by atoms with Crippen molar-refractivity contribution in [1.82, 2.24) is 0 Å². The van der Waals surface area contributed by atoms with Gasteiger partial charge >= 0.3 is 0 Å². The molecule has 1 aromatic rings. The van der Waals surface area contributed by atoms with Crippen LogP contribution in [0.25, 0.3) is 0 Å². The Morgan fingerprint density at radius 3 is 2.77 bits per heavy atom. The van der Waals surface area contributed by atoms with Crippen molar-refractivity contribution in [2.24, 2.45) is 23.7 Å². The highest BCUT2D eigenvalue weighted by molar-refractivity contribution is 5.93. The Kier molecular flexibility index (Phi) is 4.27. The zero-order chi connectivity index (χ0) is 15.7. The molecule has 4 nitrogen and oxygen atoms in total. The van der Waals surface area contributed by atoms with Gasteiger partial charge in [0.25, 0.3) is 0 Å². The summed E-state index contributed by atoms with van der Waals surface area (Å²) in [6, 6.07) is 5.57. The van der Waals surface area contributed by atoms with Crippen molar-refractivity contribution in [2.75, 3.05) is 12.1 Å². The van der Waals surface area contributed by atoms with E-state index in [-0.39, 0.29) is 18.6 Å². The van der Waals surface area contributed by atoms with E-state index in [0.29, 0.717) is 23.5 Å². The van der Waals surface area contributed by atoms with Crippen LogP contribution in [0.5, 0.6) is 11.5 Å². The molecule has 22 heavy (non-hydrogen) atoms. The summed E-state index contributed by atoms with van der Waals surface area (Å²) in [7, 11) is 0. The van der Waals surface area contributed by atoms with Gasteiger partial charge in [0.2, 0.25) is 12.7 Å². The van der Waals surface area contributed by atoms with Crippen molar-refractivity contribution in [2.45, 2.75) is 40.0 Å². The van der Waals surface area contributed by atoms with E-state index >= 15 is 0 Å². The van der Waals surface area contributed by atoms with Crippen LogP contribution >= 0.6 is 0 Å². The Labute approximate surface area is 132 Å². The smallest absolute Gasteiger partial charge is 0.231 e. The number of nitrogens with one attached hydrogen (secondary N) is 1. The number of ether oxygens (including phenoxy) is 2. The van der Waals surface area contributed by atoms with E-state index in [9.17, 15) is 4.79 Å². The molecule has 1 fully saturated rings. The molecule has 3 unspecified atom stereocenters. The van der Waals surface area contributed by atoms with Crippen molar-refractivity contribution < 1.29 is 14.3 Å². The Bertz CT molecular complexity index is 555. The molecule has 120 valence electrons. The molecule has 0 spiro atoms. The molecule has 1 amide bonds. The maximum atomic E-state index is 12.7. The largest absolute Gasteiger partial charge is 0.454 e. The molecule has 1 aliphatic heterocycles. The second kappa shape index (κ2) is 6.19. The number of amides is 1. The molecule has 0 bridgehead atoms. The highest BCUT2D eigenvalue weighted by Gasteiger charge is 2.35. The lowest BCUT2D eigenvalue weighted by Crippen LogP contribution is -2.36. The lowest BCUT2D eigenvalue weighted by Gasteiger charge is -2.36. The lowest BCUT2D eigenvalue weighted by molar-refractivity contribution is -0.123. The van der Waals surface area contributed by atoms with E-state index in [4.69, 9.17) is 9.47 Å². The summed E-state index contributed by atoms with van der Waals surface area (Å²) < 4.78 is 10.7. The number of hydrogen-bond acceptors (Lipinski definition) is 3. The number of benzene rings is 1. The predicted octanol–water partition coefficient (Wildman–Crippen LogP) is 4.06. The van der Waals surface area contributed by atoms with Gasteiger partial charge in [0, 0.05) is 17.7 Å². The van der Waals surface area contributed by atoms with Gasteiger partial charge in [0.15, 0.2) is 11.5 Å². The van der Waals surface area contributed by atoms with E-state index in [1.807, 2.05) is 18.2 Å². The fourth-order valence-electron chi connectivity index (χ4n) is 3.71. The minimum Gasteiger partial charge on any atom is -0.454 e. The topological polar surface area (TPSA) is 47.6 Å². The van der Waals surface area contributed by atoms with Gasteiger partial charge in [-0.15, -0.1) is 0 Å². The third-order valence-corrected chi connectivity index (χ3v) is 5.00. The first-order valence-electron chi connectivity index (χ1n) is 8.25. The van der Waals surface area contributed by atoms with E-state index in [1.165, 1.54) is 6.42 Å². The molecule has 1 aliphatic carbocycles. The van der Waals surface area contributed by atoms with Crippen LogP contribution in [0.4, 0.5) is 5.69 Å². The van der Waals surface area contributed by atoms with Crippen molar-refractivity contribution >= 4 is 11.6 Å². The SMILES string of the molecule is CC1CCC(C(C)C)C(C(=O)Nc2ccc3c(c2)OCO3)C1. The highest BCUT2D eigenvalue weighted by Crippen LogP contribution is 2.39. The predicted molar refractivity (Wildman–Crippen MR) is 86.0 cm³/mol. The third kappa shape index (κ3) is 3.06. The van der Waals surface area contributed by atoms with Crippen LogP contribution in [0.1, 0.15) is 40.0 Å². The minimum atomic E-state index is 0.106. The van der Waals surface area contributed by atoms with Gasteiger partial charge in [0.1, 0.15) is 0 Å². The molecule has 1 N–H and O–H groups in total. The summed E-state index contributed by atoms with van der Waals surface area (Å²) in [5.74, 6) is 3.34. The number of hydrogen-bond donors (Lipinski definition) is 1.